The second-order valence-electron chi connectivity index (χ2n) is 4.00. The Morgan fingerprint density at radius 1 is 1.62 bits per heavy atom. The van der Waals surface area contributed by atoms with Crippen molar-refractivity contribution in [2.45, 2.75) is 38.6 Å². The lowest BCUT2D eigenvalue weighted by Gasteiger charge is -2.26. The van der Waals surface area contributed by atoms with Gasteiger partial charge in [0.25, 0.3) is 0 Å². The Morgan fingerprint density at radius 3 is 2.62 bits per heavy atom. The van der Waals surface area contributed by atoms with E-state index in [9.17, 15) is 4.79 Å². The molecule has 0 aromatic rings. The summed E-state index contributed by atoms with van der Waals surface area (Å²) in [6, 6.07) is 0. The van der Waals surface area contributed by atoms with Crippen molar-refractivity contribution in [1.82, 2.24) is 5.32 Å². The van der Waals surface area contributed by atoms with Crippen LogP contribution in [0.2, 0.25) is 0 Å². The second kappa shape index (κ2) is 4.09. The smallest absolute Gasteiger partial charge is 0.325 e. The molecule has 0 spiro atoms. The Hall–Kier alpha value is -0.570. The number of carbonyl (C=O) groups excluding carboxylic acids is 1. The van der Waals surface area contributed by atoms with E-state index in [-0.39, 0.29) is 5.97 Å². The van der Waals surface area contributed by atoms with Gasteiger partial charge in [-0.25, -0.2) is 0 Å². The van der Waals surface area contributed by atoms with Crippen molar-refractivity contribution < 1.29 is 9.53 Å². The van der Waals surface area contributed by atoms with Gasteiger partial charge in [0.2, 0.25) is 0 Å². The molecule has 1 aliphatic rings. The van der Waals surface area contributed by atoms with Gasteiger partial charge in [-0.05, 0) is 38.6 Å². The lowest BCUT2D eigenvalue weighted by molar-refractivity contribution is -0.148. The summed E-state index contributed by atoms with van der Waals surface area (Å²) in [5, 5.41) is 3.28. The molecule has 0 aromatic heterocycles. The van der Waals surface area contributed by atoms with Crippen LogP contribution in [0, 0.1) is 5.92 Å². The fourth-order valence-corrected chi connectivity index (χ4v) is 1.26. The predicted molar refractivity (Wildman–Crippen MR) is 51.4 cm³/mol. The molecular weight excluding hydrogens is 166 g/mol. The first-order chi connectivity index (χ1) is 6.12. The van der Waals surface area contributed by atoms with E-state index < -0.39 is 5.54 Å². The van der Waals surface area contributed by atoms with Crippen molar-refractivity contribution >= 4 is 5.97 Å². The summed E-state index contributed by atoms with van der Waals surface area (Å²) >= 11 is 0. The third-order valence-electron chi connectivity index (χ3n) is 2.82. The van der Waals surface area contributed by atoms with Crippen LogP contribution in [0.3, 0.4) is 0 Å². The monoisotopic (exact) mass is 185 g/mol. The molecular formula is C10H19NO2. The van der Waals surface area contributed by atoms with Crippen LogP contribution in [0.1, 0.15) is 33.1 Å². The third kappa shape index (κ3) is 2.69. The molecule has 0 bridgehead atoms. The molecule has 76 valence electrons. The largest absolute Gasteiger partial charge is 0.468 e. The maximum atomic E-state index is 11.4. The molecule has 1 aliphatic carbocycles. The topological polar surface area (TPSA) is 38.3 Å². The van der Waals surface area contributed by atoms with E-state index in [0.717, 1.165) is 18.9 Å². The van der Waals surface area contributed by atoms with E-state index >= 15 is 0 Å². The molecule has 0 aliphatic heterocycles. The quantitative estimate of drug-likeness (QED) is 0.657. The highest BCUT2D eigenvalue weighted by Crippen LogP contribution is 2.28. The summed E-state index contributed by atoms with van der Waals surface area (Å²) in [4.78, 5) is 11.4. The highest BCUT2D eigenvalue weighted by Gasteiger charge is 2.33. The standard InChI is InChI=1S/C10H19NO2/c1-4-10(2,9(12)13-3)11-7-8-5-6-8/h8,11H,4-7H2,1-3H3/t10-/m0/s1. The van der Waals surface area contributed by atoms with Crippen LogP contribution in [0.5, 0.6) is 0 Å². The van der Waals surface area contributed by atoms with Crippen LogP contribution >= 0.6 is 0 Å². The number of ether oxygens (including phenoxy) is 1. The number of carbonyl (C=O) groups is 1. The summed E-state index contributed by atoms with van der Waals surface area (Å²) < 4.78 is 4.76. The van der Waals surface area contributed by atoms with Gasteiger partial charge >= 0.3 is 5.97 Å². The van der Waals surface area contributed by atoms with Gasteiger partial charge in [-0.2, -0.15) is 0 Å². The predicted octanol–water partition coefficient (Wildman–Crippen LogP) is 1.33. The molecule has 0 saturated heterocycles. The van der Waals surface area contributed by atoms with Gasteiger partial charge < -0.3 is 10.1 Å². The molecule has 0 amide bonds. The van der Waals surface area contributed by atoms with Crippen molar-refractivity contribution in [3.63, 3.8) is 0 Å². The third-order valence-corrected chi connectivity index (χ3v) is 2.82. The van der Waals surface area contributed by atoms with Gasteiger partial charge in [0, 0.05) is 0 Å². The fourth-order valence-electron chi connectivity index (χ4n) is 1.26. The number of hydrogen-bond acceptors (Lipinski definition) is 3. The molecule has 3 heteroatoms. The number of esters is 1. The van der Waals surface area contributed by atoms with Crippen molar-refractivity contribution in [3.05, 3.63) is 0 Å². The minimum Gasteiger partial charge on any atom is -0.468 e. The molecule has 1 atom stereocenters. The van der Waals surface area contributed by atoms with Crippen LogP contribution in [0.15, 0.2) is 0 Å². The summed E-state index contributed by atoms with van der Waals surface area (Å²) in [5.41, 5.74) is -0.489. The van der Waals surface area contributed by atoms with Gasteiger partial charge in [0.15, 0.2) is 0 Å². The van der Waals surface area contributed by atoms with Crippen molar-refractivity contribution in [1.29, 1.82) is 0 Å². The van der Waals surface area contributed by atoms with E-state index in [2.05, 4.69) is 5.32 Å². The first-order valence-corrected chi connectivity index (χ1v) is 4.96. The SMILES string of the molecule is CC[C@](C)(NCC1CC1)C(=O)OC. The lowest BCUT2D eigenvalue weighted by Crippen LogP contribution is -2.50. The summed E-state index contributed by atoms with van der Waals surface area (Å²) in [6.45, 7) is 4.84. The van der Waals surface area contributed by atoms with Crippen molar-refractivity contribution in [2.75, 3.05) is 13.7 Å². The van der Waals surface area contributed by atoms with Crippen LogP contribution in [-0.4, -0.2) is 25.2 Å². The minimum absolute atomic E-state index is 0.157. The van der Waals surface area contributed by atoms with E-state index in [1.165, 1.54) is 20.0 Å². The fraction of sp³-hybridized carbons (Fsp3) is 0.900. The van der Waals surface area contributed by atoms with E-state index in [1.807, 2.05) is 13.8 Å². The molecule has 1 fully saturated rings. The maximum absolute atomic E-state index is 11.4. The van der Waals surface area contributed by atoms with Crippen LogP contribution in [0.25, 0.3) is 0 Å². The minimum atomic E-state index is -0.489. The van der Waals surface area contributed by atoms with Crippen LogP contribution in [0.4, 0.5) is 0 Å². The van der Waals surface area contributed by atoms with Gasteiger partial charge in [-0.15, -0.1) is 0 Å². The van der Waals surface area contributed by atoms with Crippen molar-refractivity contribution in [3.8, 4) is 0 Å². The number of rotatable bonds is 5. The molecule has 3 nitrogen and oxygen atoms in total. The van der Waals surface area contributed by atoms with Crippen LogP contribution in [-0.2, 0) is 9.53 Å². The molecule has 0 unspecified atom stereocenters. The van der Waals surface area contributed by atoms with Gasteiger partial charge in [0.1, 0.15) is 5.54 Å². The highest BCUT2D eigenvalue weighted by molar-refractivity contribution is 5.80. The number of nitrogens with one attached hydrogen (secondary N) is 1. The molecule has 1 saturated carbocycles. The molecule has 0 radical (unpaired) electrons. The Labute approximate surface area is 79.8 Å². The zero-order chi connectivity index (χ0) is 9.90. The zero-order valence-electron chi connectivity index (χ0n) is 8.72. The van der Waals surface area contributed by atoms with E-state index in [4.69, 9.17) is 4.74 Å². The summed E-state index contributed by atoms with van der Waals surface area (Å²) in [7, 11) is 1.44. The Balaban J connectivity index is 2.40. The Morgan fingerprint density at radius 2 is 2.23 bits per heavy atom. The first kappa shape index (κ1) is 10.5. The molecule has 1 rings (SSSR count). The molecule has 13 heavy (non-hydrogen) atoms. The van der Waals surface area contributed by atoms with Gasteiger partial charge in [-0.1, -0.05) is 6.92 Å². The molecule has 1 N–H and O–H groups in total. The lowest BCUT2D eigenvalue weighted by atomic mass is 9.99. The molecule has 0 heterocycles. The van der Waals surface area contributed by atoms with Crippen LogP contribution < -0.4 is 5.32 Å². The number of hydrogen-bond donors (Lipinski definition) is 1. The summed E-state index contributed by atoms with van der Waals surface area (Å²) in [6.07, 6.45) is 3.37. The average molecular weight is 185 g/mol. The Bertz CT molecular complexity index is 189. The maximum Gasteiger partial charge on any atom is 0.325 e. The second-order valence-corrected chi connectivity index (χ2v) is 4.00. The highest BCUT2D eigenvalue weighted by atomic mass is 16.5. The van der Waals surface area contributed by atoms with Gasteiger partial charge in [0.05, 0.1) is 7.11 Å². The molecule has 0 aromatic carbocycles. The first-order valence-electron chi connectivity index (χ1n) is 4.96. The average Bonchev–Trinajstić information content (AvgIpc) is 2.96. The summed E-state index contributed by atoms with van der Waals surface area (Å²) in [5.74, 6) is 0.631. The normalized spacial score (nSPS) is 20.8. The van der Waals surface area contributed by atoms with Gasteiger partial charge in [-0.3, -0.25) is 4.79 Å². The zero-order valence-corrected chi connectivity index (χ0v) is 8.72. The van der Waals surface area contributed by atoms with Crippen molar-refractivity contribution in [2.24, 2.45) is 5.92 Å². The Kier molecular flexibility index (Phi) is 3.31. The van der Waals surface area contributed by atoms with E-state index in [1.54, 1.807) is 0 Å². The number of methoxy groups -OCH3 is 1. The van der Waals surface area contributed by atoms with E-state index in [0.29, 0.717) is 0 Å².